The fraction of sp³-hybridized carbons (Fsp3) is 0.222. The Balaban J connectivity index is 2.07. The van der Waals surface area contributed by atoms with Gasteiger partial charge in [-0.25, -0.2) is 19.6 Å². The zero-order chi connectivity index (χ0) is 18.7. The van der Waals surface area contributed by atoms with Crippen LogP contribution in [0.4, 0.5) is 11.5 Å². The molecule has 0 aliphatic heterocycles. The number of rotatable bonds is 5. The second kappa shape index (κ2) is 7.49. The van der Waals surface area contributed by atoms with E-state index in [4.69, 9.17) is 9.47 Å². The van der Waals surface area contributed by atoms with Crippen LogP contribution in [-0.2, 0) is 9.47 Å². The second-order valence-electron chi connectivity index (χ2n) is 5.34. The number of esters is 2. The molecule has 1 aromatic carbocycles. The summed E-state index contributed by atoms with van der Waals surface area (Å²) in [5.41, 5.74) is 1.69. The Morgan fingerprint density at radius 3 is 2.69 bits per heavy atom. The summed E-state index contributed by atoms with van der Waals surface area (Å²) in [6.07, 6.45) is 1.41. The lowest BCUT2D eigenvalue weighted by Crippen LogP contribution is -2.06. The quantitative estimate of drug-likeness (QED) is 0.684. The van der Waals surface area contributed by atoms with Gasteiger partial charge in [-0.1, -0.05) is 12.1 Å². The number of hydrogen-bond acceptors (Lipinski definition) is 8. The first-order chi connectivity index (χ1) is 12.6. The van der Waals surface area contributed by atoms with Crippen molar-refractivity contribution >= 4 is 45.0 Å². The van der Waals surface area contributed by atoms with Crippen molar-refractivity contribution in [1.82, 2.24) is 9.97 Å². The van der Waals surface area contributed by atoms with Gasteiger partial charge in [-0.3, -0.25) is 0 Å². The maximum atomic E-state index is 12.1. The molecule has 0 saturated carbocycles. The molecule has 26 heavy (non-hydrogen) atoms. The highest BCUT2D eigenvalue weighted by Crippen LogP contribution is 2.35. The molecular formula is C18H17N3O4S. The normalized spacial score (nSPS) is 10.6. The molecule has 0 aliphatic rings. The molecule has 3 aromatic rings. The molecule has 0 fully saturated rings. The van der Waals surface area contributed by atoms with E-state index in [1.807, 2.05) is 6.92 Å². The number of aryl methyl sites for hydroxylation is 1. The zero-order valence-corrected chi connectivity index (χ0v) is 15.3. The molecule has 8 heteroatoms. The summed E-state index contributed by atoms with van der Waals surface area (Å²) in [7, 11) is 1.33. The number of fused-ring (bicyclic) bond motifs is 1. The number of aromatic nitrogens is 2. The van der Waals surface area contributed by atoms with E-state index in [2.05, 4.69) is 15.3 Å². The smallest absolute Gasteiger partial charge is 0.348 e. The van der Waals surface area contributed by atoms with Gasteiger partial charge in [0.25, 0.3) is 0 Å². The lowest BCUT2D eigenvalue weighted by atomic mass is 10.1. The predicted octanol–water partition coefficient (Wildman–Crippen LogP) is 3.71. The summed E-state index contributed by atoms with van der Waals surface area (Å²) in [5.74, 6) is -0.322. The number of nitrogens with one attached hydrogen (secondary N) is 1. The van der Waals surface area contributed by atoms with Crippen LogP contribution in [0.3, 0.4) is 0 Å². The average Bonchev–Trinajstić information content (AvgIpc) is 2.99. The van der Waals surface area contributed by atoms with Crippen LogP contribution in [0.25, 0.3) is 10.2 Å². The topological polar surface area (TPSA) is 90.4 Å². The molecule has 0 bridgehead atoms. The van der Waals surface area contributed by atoms with Gasteiger partial charge >= 0.3 is 11.9 Å². The molecule has 134 valence electrons. The number of anilines is 2. The fourth-order valence-corrected chi connectivity index (χ4v) is 3.61. The SMILES string of the molecule is CCOC(=O)c1sc2ncnc(Nc3ccccc3C(=O)OC)c2c1C. The van der Waals surface area contributed by atoms with Crippen molar-refractivity contribution in [2.45, 2.75) is 13.8 Å². The third-order valence-electron chi connectivity index (χ3n) is 3.77. The van der Waals surface area contributed by atoms with Crippen molar-refractivity contribution in [2.75, 3.05) is 19.0 Å². The summed E-state index contributed by atoms with van der Waals surface area (Å²) >= 11 is 1.25. The Morgan fingerprint density at radius 2 is 1.96 bits per heavy atom. The van der Waals surface area contributed by atoms with E-state index in [9.17, 15) is 9.59 Å². The molecule has 0 spiro atoms. The van der Waals surface area contributed by atoms with E-state index in [-0.39, 0.29) is 5.97 Å². The standard InChI is InChI=1S/C18H17N3O4S/c1-4-25-18(23)14-10(2)13-15(19-9-20-16(13)26-14)21-12-8-6-5-7-11(12)17(22)24-3/h5-9H,4H2,1-3H3,(H,19,20,21). The van der Waals surface area contributed by atoms with Crippen molar-refractivity contribution < 1.29 is 19.1 Å². The van der Waals surface area contributed by atoms with Crippen LogP contribution in [0.15, 0.2) is 30.6 Å². The average molecular weight is 371 g/mol. The predicted molar refractivity (Wildman–Crippen MR) is 99.2 cm³/mol. The molecule has 7 nitrogen and oxygen atoms in total. The van der Waals surface area contributed by atoms with E-state index in [1.54, 1.807) is 31.2 Å². The Hall–Kier alpha value is -3.00. The molecular weight excluding hydrogens is 354 g/mol. The van der Waals surface area contributed by atoms with Gasteiger partial charge < -0.3 is 14.8 Å². The van der Waals surface area contributed by atoms with Gasteiger partial charge in [0, 0.05) is 0 Å². The van der Waals surface area contributed by atoms with E-state index in [0.717, 1.165) is 10.9 Å². The highest BCUT2D eigenvalue weighted by molar-refractivity contribution is 7.20. The number of para-hydroxylation sites is 1. The van der Waals surface area contributed by atoms with Crippen LogP contribution in [0.5, 0.6) is 0 Å². The molecule has 2 heterocycles. The van der Waals surface area contributed by atoms with Crippen molar-refractivity contribution in [3.8, 4) is 0 Å². The number of carbonyl (C=O) groups is 2. The van der Waals surface area contributed by atoms with Crippen molar-refractivity contribution in [3.63, 3.8) is 0 Å². The molecule has 0 saturated heterocycles. The number of hydrogen-bond donors (Lipinski definition) is 1. The highest BCUT2D eigenvalue weighted by Gasteiger charge is 2.21. The van der Waals surface area contributed by atoms with Crippen LogP contribution < -0.4 is 5.32 Å². The minimum atomic E-state index is -0.451. The lowest BCUT2D eigenvalue weighted by molar-refractivity contribution is 0.0530. The Labute approximate surface area is 154 Å². The summed E-state index contributed by atoms with van der Waals surface area (Å²) < 4.78 is 9.92. The molecule has 0 unspecified atom stereocenters. The van der Waals surface area contributed by atoms with Crippen LogP contribution in [0.2, 0.25) is 0 Å². The molecule has 0 aliphatic carbocycles. The van der Waals surface area contributed by atoms with Gasteiger partial charge in [-0.2, -0.15) is 0 Å². The van der Waals surface area contributed by atoms with Crippen LogP contribution in [-0.4, -0.2) is 35.6 Å². The highest BCUT2D eigenvalue weighted by atomic mass is 32.1. The lowest BCUT2D eigenvalue weighted by Gasteiger charge is -2.11. The van der Waals surface area contributed by atoms with Gasteiger partial charge in [-0.05, 0) is 31.5 Å². The first kappa shape index (κ1) is 17.8. The van der Waals surface area contributed by atoms with E-state index in [1.165, 1.54) is 24.8 Å². The van der Waals surface area contributed by atoms with Crippen LogP contribution in [0.1, 0.15) is 32.5 Å². The largest absolute Gasteiger partial charge is 0.465 e. The number of benzene rings is 1. The zero-order valence-electron chi connectivity index (χ0n) is 14.5. The summed E-state index contributed by atoms with van der Waals surface area (Å²) in [4.78, 5) is 33.8. The minimum Gasteiger partial charge on any atom is -0.465 e. The van der Waals surface area contributed by atoms with E-state index in [0.29, 0.717) is 33.4 Å². The van der Waals surface area contributed by atoms with Crippen molar-refractivity contribution in [2.24, 2.45) is 0 Å². The van der Waals surface area contributed by atoms with Crippen molar-refractivity contribution in [1.29, 1.82) is 0 Å². The van der Waals surface area contributed by atoms with Gasteiger partial charge in [0.15, 0.2) is 0 Å². The summed E-state index contributed by atoms with van der Waals surface area (Å²) in [6, 6.07) is 6.98. The monoisotopic (exact) mass is 371 g/mol. The third-order valence-corrected chi connectivity index (χ3v) is 4.95. The summed E-state index contributed by atoms with van der Waals surface area (Å²) in [5, 5.41) is 3.88. The van der Waals surface area contributed by atoms with Gasteiger partial charge in [-0.15, -0.1) is 11.3 Å². The van der Waals surface area contributed by atoms with Gasteiger partial charge in [0.2, 0.25) is 0 Å². The third kappa shape index (κ3) is 3.23. The first-order valence-electron chi connectivity index (χ1n) is 7.92. The van der Waals surface area contributed by atoms with Gasteiger partial charge in [0.1, 0.15) is 21.9 Å². The molecule has 2 aromatic heterocycles. The number of nitrogens with zero attached hydrogens (tertiary/aromatic N) is 2. The van der Waals surface area contributed by atoms with Crippen LogP contribution in [0, 0.1) is 6.92 Å². The number of thiophene rings is 1. The molecule has 0 amide bonds. The Bertz CT molecular complexity index is 984. The first-order valence-corrected chi connectivity index (χ1v) is 8.74. The Morgan fingerprint density at radius 1 is 1.19 bits per heavy atom. The van der Waals surface area contributed by atoms with Crippen molar-refractivity contribution in [3.05, 3.63) is 46.6 Å². The second-order valence-corrected chi connectivity index (χ2v) is 6.34. The maximum Gasteiger partial charge on any atom is 0.348 e. The van der Waals surface area contributed by atoms with E-state index < -0.39 is 5.97 Å². The number of carbonyl (C=O) groups excluding carboxylic acids is 2. The van der Waals surface area contributed by atoms with E-state index >= 15 is 0 Å². The number of ether oxygens (including phenoxy) is 2. The molecule has 3 rings (SSSR count). The maximum absolute atomic E-state index is 12.1. The molecule has 1 N–H and O–H groups in total. The van der Waals surface area contributed by atoms with Crippen LogP contribution >= 0.6 is 11.3 Å². The minimum absolute atomic E-state index is 0.301. The Kier molecular flexibility index (Phi) is 5.13. The molecule has 0 atom stereocenters. The number of methoxy groups -OCH3 is 1. The molecule has 0 radical (unpaired) electrons. The fourth-order valence-electron chi connectivity index (χ4n) is 2.57. The van der Waals surface area contributed by atoms with Gasteiger partial charge in [0.05, 0.1) is 30.4 Å². The summed E-state index contributed by atoms with van der Waals surface area (Å²) in [6.45, 7) is 3.89.